The van der Waals surface area contributed by atoms with Crippen LogP contribution in [0.25, 0.3) is 139 Å². The molecule has 692 valence electrons. The quantitative estimate of drug-likeness (QED) is 0.132. The van der Waals surface area contributed by atoms with Crippen molar-refractivity contribution in [2.24, 2.45) is 4.99 Å². The minimum Gasteiger partial charge on any atom is -0.457 e. The van der Waals surface area contributed by atoms with Gasteiger partial charge in [-0.3, -0.25) is 18.3 Å². The highest BCUT2D eigenvalue weighted by atomic mass is 28.3. The van der Waals surface area contributed by atoms with Gasteiger partial charge >= 0.3 is 5.84 Å². The third-order valence-corrected chi connectivity index (χ3v) is 32.9. The van der Waals surface area contributed by atoms with Crippen molar-refractivity contribution in [3.63, 3.8) is 0 Å². The Bertz CT molecular complexity index is 9840. The summed E-state index contributed by atoms with van der Waals surface area (Å²) in [4.78, 5) is 19.4. The summed E-state index contributed by atoms with van der Waals surface area (Å²) in [5, 5.41) is 1.33. The van der Waals surface area contributed by atoms with Crippen molar-refractivity contribution in [3.05, 3.63) is 430 Å². The second-order valence-corrected chi connectivity index (χ2v) is 41.9. The number of hydrogen-bond acceptors (Lipinski definition) is 9. The molecule has 0 amide bonds. The van der Waals surface area contributed by atoms with E-state index in [0.29, 0.717) is 129 Å². The lowest BCUT2D eigenvalue weighted by molar-refractivity contribution is 0.419. The Balaban J connectivity index is 0.000000122. The van der Waals surface area contributed by atoms with E-state index in [-0.39, 0.29) is 28.8 Å². The minimum atomic E-state index is -3.38. The molecular weight excluding hydrogens is 1750 g/mol. The standard InChI is InChI=1S/C44H36N2O2.C43H37N3O.C42H35N3OSi/c1-25-21-23-29(27(3)39(25)31-13-11-16-34-41(31)47-38-20-10-7-15-33(38)44(34,5)6)30-24-22-26(2)40(28(30)4)32-14-12-19-37-42(32)48-43-45-35-17-8-9-18-36(35)46(37)43;1-26-23-29(45-38-18-9-10-19-39(38)46-37-17-8-7-16-36(37)44-42(45)46)21-22-30(26)32-24-28(3)33(25-27(32)2)31-13-12-15-35-41(31)47-40-20-11-6-14-34(40)43(35,4)5;1-26-24-25-30(28(3)40(26)31-15-13-23-39-41(31)46-37-21-10-11-22-38(37)47(39,4)5)29-14-12-20-33(27(29)2)44-35-18-8-9-19-36(35)45-34-17-7-6-16-32(34)43-42(44)45/h7-24H,1-6H3;6-25,36-37H,1-5H3;6-25H,1-5H3/i3D3,5D3;2D3,4D3;3D3,4D3. The lowest BCUT2D eigenvalue weighted by Crippen LogP contribution is -2.56. The Labute approximate surface area is 854 Å². The molecule has 9 heterocycles. The molecule has 0 radical (unpaired) electrons. The molecule has 5 aliphatic heterocycles. The zero-order chi connectivity index (χ0) is 112. The Morgan fingerprint density at radius 3 is 1.51 bits per heavy atom. The van der Waals surface area contributed by atoms with Crippen LogP contribution in [0.5, 0.6) is 34.5 Å². The van der Waals surface area contributed by atoms with Crippen molar-refractivity contribution in [2.45, 2.75) is 133 Å². The number of aliphatic imine (C=N–C) groups is 1. The van der Waals surface area contributed by atoms with Crippen LogP contribution < -0.4 is 34.4 Å². The highest BCUT2D eigenvalue weighted by Crippen LogP contribution is 2.57. The van der Waals surface area contributed by atoms with E-state index < -0.39 is 59.6 Å². The van der Waals surface area contributed by atoms with Gasteiger partial charge in [-0.05, 0) is 282 Å². The van der Waals surface area contributed by atoms with Gasteiger partial charge in [0.05, 0.1) is 67.8 Å². The topological polar surface area (TPSA) is 99.2 Å². The Kier molecular flexibility index (Phi) is 16.1. The Hall–Kier alpha value is -16.4. The number of ether oxygens (including phenoxy) is 3. The molecule has 142 heavy (non-hydrogen) atoms. The molecule has 0 bridgehead atoms. The van der Waals surface area contributed by atoms with Gasteiger partial charge in [-0.2, -0.15) is 4.98 Å². The third kappa shape index (κ3) is 13.3. The van der Waals surface area contributed by atoms with Crippen molar-refractivity contribution < 1.29 is 43.3 Å². The molecule has 12 nitrogen and oxygen atoms in total. The van der Waals surface area contributed by atoms with Gasteiger partial charge in [-0.25, -0.2) is 9.98 Å². The molecule has 0 saturated carbocycles. The summed E-state index contributed by atoms with van der Waals surface area (Å²) in [6.07, 6.45) is 8.45. The van der Waals surface area contributed by atoms with Crippen LogP contribution in [0.4, 0.5) is 17.1 Å². The first-order chi connectivity index (χ1) is 76.3. The number of aryl methyl sites for hydroxylation is 6. The lowest BCUT2D eigenvalue weighted by atomic mass is 9.74. The van der Waals surface area contributed by atoms with Crippen LogP contribution in [0.3, 0.4) is 0 Å². The van der Waals surface area contributed by atoms with Crippen LogP contribution >= 0.6 is 0 Å². The third-order valence-electron chi connectivity index (χ3n) is 29.9. The van der Waals surface area contributed by atoms with Crippen LogP contribution in [-0.4, -0.2) is 49.5 Å². The van der Waals surface area contributed by atoms with E-state index in [4.69, 9.17) is 58.3 Å². The fraction of sp³-hybridized carbons (Fsp3) is 0.155. The highest BCUT2D eigenvalue weighted by molar-refractivity contribution is 7.01. The van der Waals surface area contributed by atoms with Gasteiger partial charge in [0.1, 0.15) is 42.6 Å². The van der Waals surface area contributed by atoms with E-state index in [1.54, 1.807) is 68.4 Å². The van der Waals surface area contributed by atoms with E-state index in [0.717, 1.165) is 140 Å². The van der Waals surface area contributed by atoms with Gasteiger partial charge in [-0.15, -0.1) is 0 Å². The molecule has 1 aliphatic carbocycles. The van der Waals surface area contributed by atoms with Crippen LogP contribution in [0.2, 0.25) is 13.0 Å². The van der Waals surface area contributed by atoms with E-state index in [9.17, 15) is 0 Å². The number of guanidine groups is 1. The van der Waals surface area contributed by atoms with Gasteiger partial charge < -0.3 is 23.5 Å². The predicted octanol–water partition coefficient (Wildman–Crippen LogP) is 32.1. The summed E-state index contributed by atoms with van der Waals surface area (Å²) in [5.74, 6) is 4.76. The number of hydrogen-bond donors (Lipinski definition) is 0. The smallest absolute Gasteiger partial charge is 0.307 e. The monoisotopic (exact) mass is 1880 g/mol. The van der Waals surface area contributed by atoms with Crippen molar-refractivity contribution in [1.82, 2.24) is 23.3 Å². The van der Waals surface area contributed by atoms with Gasteiger partial charge in [-0.1, -0.05) is 301 Å². The van der Waals surface area contributed by atoms with E-state index >= 15 is 0 Å². The molecule has 0 saturated heterocycles. The number of benzene rings is 17. The number of para-hydroxylation sites is 15. The number of aromatic nitrogens is 5. The molecule has 13 heteroatoms. The first kappa shape index (κ1) is 69.5. The normalized spacial score (nSPS) is 19.9. The molecule has 0 fully saturated rings. The molecule has 17 aromatic carbocycles. The van der Waals surface area contributed by atoms with Crippen molar-refractivity contribution in [3.8, 4) is 118 Å². The zero-order valence-electron chi connectivity index (χ0n) is 97.9. The molecule has 21 aromatic rings. The summed E-state index contributed by atoms with van der Waals surface area (Å²) in [7, 11) is -3.38. The second kappa shape index (κ2) is 32.9. The van der Waals surface area contributed by atoms with E-state index in [1.807, 2.05) is 296 Å². The maximum absolute atomic E-state index is 9.02. The predicted molar refractivity (Wildman–Crippen MR) is 589 cm³/mol. The van der Waals surface area contributed by atoms with Gasteiger partial charge in [0.2, 0.25) is 11.7 Å². The Morgan fingerprint density at radius 1 is 0.352 bits per heavy atom. The van der Waals surface area contributed by atoms with Gasteiger partial charge in [0.15, 0.2) is 5.58 Å². The van der Waals surface area contributed by atoms with Gasteiger partial charge in [0.25, 0.3) is 0 Å². The molecular formula is C129H108N8O4Si. The number of anilines is 3. The van der Waals surface area contributed by atoms with E-state index in [2.05, 4.69) is 79.5 Å². The SMILES string of the molecule is [2H]C([2H])([2H])c1c(-c2ccc(C)c(-c3cccc4c3oc3nc5ccccc5n34)c2C)ccc(C)c1-c1cccc2c1Oc1ccccc1C2(C)C([2H])([2H])[2H].[2H]C([2H])([2H])c1c(-c2cccc(-n3c4ccccc4n4c5ccccc5nc34)c2C)ccc(C)c1-c1cccc2c1Oc1ccccc1[Si]2(C)C([2H])([2H])[2H].[2H]C([2H])([2H])c1cc(-c2cccc3c2Oc2ccccc2C3(C)C([2H])([2H])[2H])c(C)cc1-c1ccc(N2C3=NC4C=CC=CC4N3c3ccccc32)cc1C. The minimum absolute atomic E-state index is 0.0344. The van der Waals surface area contributed by atoms with Crippen LogP contribution in [-0.2, 0) is 10.8 Å². The average Bonchev–Trinajstić information content (AvgIpc) is 1.05. The molecule has 27 rings (SSSR count). The fourth-order valence-corrected chi connectivity index (χ4v) is 25.3. The van der Waals surface area contributed by atoms with Crippen molar-refractivity contribution in [2.75, 3.05) is 9.80 Å². The van der Waals surface area contributed by atoms with Crippen LogP contribution in [0.1, 0.15) is 130 Å². The van der Waals surface area contributed by atoms with Crippen LogP contribution in [0.15, 0.2) is 361 Å². The molecule has 5 unspecified atom stereocenters. The number of allylic oxidation sites excluding steroid dienone is 2. The fourth-order valence-electron chi connectivity index (χ4n) is 22.9. The first-order valence-electron chi connectivity index (χ1n) is 57.0. The second-order valence-electron chi connectivity index (χ2n) is 38.6. The molecule has 4 aromatic heterocycles. The number of rotatable bonds is 9. The average molecular weight is 1880 g/mol. The first-order valence-corrected chi connectivity index (χ1v) is 50.5. The maximum Gasteiger partial charge on any atom is 0.307 e. The number of imidazole rings is 3. The maximum atomic E-state index is 9.02. The molecule has 0 spiro atoms. The molecule has 5 atom stereocenters. The summed E-state index contributed by atoms with van der Waals surface area (Å²) >= 11 is 0. The van der Waals surface area contributed by atoms with Gasteiger partial charge in [0, 0.05) is 85.7 Å². The van der Waals surface area contributed by atoms with E-state index in [1.165, 1.54) is 0 Å². The Morgan fingerprint density at radius 2 is 0.838 bits per heavy atom. The number of nitrogens with zero attached hydrogens (tertiary/aromatic N) is 8. The summed E-state index contributed by atoms with van der Waals surface area (Å²) in [6.45, 7) is 4.56. The summed E-state index contributed by atoms with van der Waals surface area (Å²) in [6, 6.07) is 104. The molecule has 6 aliphatic rings. The summed E-state index contributed by atoms with van der Waals surface area (Å²) < 4.78 is 191. The largest absolute Gasteiger partial charge is 0.457 e. The highest BCUT2D eigenvalue weighted by Gasteiger charge is 2.46. The number of fused-ring (bicyclic) bond motifs is 21. The summed E-state index contributed by atoms with van der Waals surface area (Å²) in [5.41, 5.74) is 26.8. The zero-order valence-corrected chi connectivity index (χ0v) is 80.9. The van der Waals surface area contributed by atoms with Crippen molar-refractivity contribution >= 4 is 97.3 Å². The van der Waals surface area contributed by atoms with Crippen molar-refractivity contribution in [1.29, 1.82) is 0 Å². The van der Waals surface area contributed by atoms with Crippen LogP contribution in [0, 0.1) is 69.0 Å². The lowest BCUT2D eigenvalue weighted by Gasteiger charge is -2.35. The molecule has 0 N–H and O–H groups in total. The number of oxazole rings is 1.